The Morgan fingerprint density at radius 2 is 1.74 bits per heavy atom. The fraction of sp³-hybridized carbons (Fsp3) is 0.188. The summed E-state index contributed by atoms with van der Waals surface area (Å²) in [5, 5.41) is 1.22. The zero-order valence-electron chi connectivity index (χ0n) is 10.4. The number of rotatable bonds is 4. The number of hydrogen-bond donors (Lipinski definition) is 0. The van der Waals surface area contributed by atoms with Crippen LogP contribution >= 0.6 is 27.3 Å². The van der Waals surface area contributed by atoms with Crippen molar-refractivity contribution < 1.29 is 0 Å². The Hall–Kier alpha value is -1.19. The first-order valence-corrected chi connectivity index (χ1v) is 8.09. The van der Waals surface area contributed by atoms with Gasteiger partial charge in [0.25, 0.3) is 0 Å². The van der Waals surface area contributed by atoms with E-state index in [-0.39, 0.29) is 0 Å². The van der Waals surface area contributed by atoms with Gasteiger partial charge in [-0.15, -0.1) is 11.3 Å². The van der Waals surface area contributed by atoms with Crippen molar-refractivity contribution in [1.29, 1.82) is 0 Å². The highest BCUT2D eigenvalue weighted by Crippen LogP contribution is 2.29. The van der Waals surface area contributed by atoms with Crippen LogP contribution in [-0.2, 0) is 6.42 Å². The summed E-state index contributed by atoms with van der Waals surface area (Å²) >= 11 is 5.57. The molecule has 3 rings (SSSR count). The summed E-state index contributed by atoms with van der Waals surface area (Å²) in [7, 11) is 0. The number of fused-ring (bicyclic) bond motifs is 1. The van der Waals surface area contributed by atoms with Gasteiger partial charge in [-0.05, 0) is 24.1 Å². The smallest absolute Gasteiger partial charge is 0.0939 e. The van der Waals surface area contributed by atoms with Gasteiger partial charge in [0, 0.05) is 11.2 Å². The third kappa shape index (κ3) is 3.04. The quantitative estimate of drug-likeness (QED) is 0.586. The summed E-state index contributed by atoms with van der Waals surface area (Å²) in [5.41, 5.74) is 2.46. The average Bonchev–Trinajstić information content (AvgIpc) is 2.88. The first-order chi connectivity index (χ1) is 9.33. The predicted octanol–water partition coefficient (Wildman–Crippen LogP) is 5.37. The highest BCUT2D eigenvalue weighted by molar-refractivity contribution is 9.09. The van der Waals surface area contributed by atoms with E-state index in [9.17, 15) is 0 Å². The highest BCUT2D eigenvalue weighted by Gasteiger charge is 2.09. The summed E-state index contributed by atoms with van der Waals surface area (Å²) < 4.78 is 1.28. The second-order valence-electron chi connectivity index (χ2n) is 4.49. The van der Waals surface area contributed by atoms with Crippen molar-refractivity contribution in [1.82, 2.24) is 4.98 Å². The van der Waals surface area contributed by atoms with Gasteiger partial charge in [0.2, 0.25) is 0 Å². The first kappa shape index (κ1) is 12.8. The number of thiazole rings is 1. The summed E-state index contributed by atoms with van der Waals surface area (Å²) in [4.78, 5) is 5.08. The molecule has 1 heterocycles. The number of alkyl halides is 1. The summed E-state index contributed by atoms with van der Waals surface area (Å²) in [6.45, 7) is 0. The Labute approximate surface area is 125 Å². The fourth-order valence-electron chi connectivity index (χ4n) is 2.11. The molecule has 0 radical (unpaired) electrons. The molecule has 0 aliphatic rings. The van der Waals surface area contributed by atoms with Crippen molar-refractivity contribution in [2.45, 2.75) is 17.7 Å². The van der Waals surface area contributed by atoms with Gasteiger partial charge in [0.1, 0.15) is 0 Å². The Morgan fingerprint density at radius 1 is 1.00 bits per heavy atom. The van der Waals surface area contributed by atoms with Crippen LogP contribution in [0.1, 0.15) is 21.8 Å². The van der Waals surface area contributed by atoms with Crippen molar-refractivity contribution >= 4 is 37.5 Å². The molecule has 0 N–H and O–H groups in total. The van der Waals surface area contributed by atoms with Crippen LogP contribution in [0.25, 0.3) is 10.2 Å². The maximum atomic E-state index is 4.68. The number of para-hydroxylation sites is 1. The van der Waals surface area contributed by atoms with E-state index < -0.39 is 0 Å². The van der Waals surface area contributed by atoms with Gasteiger partial charge in [0.15, 0.2) is 0 Å². The number of aromatic nitrogens is 1. The molecule has 1 aromatic heterocycles. The molecule has 2 aromatic carbocycles. The standard InChI is InChI=1S/C16H14BrNS/c17-13(12-6-2-1-3-7-12)10-11-16-18-14-8-4-5-9-15(14)19-16/h1-9,13H,10-11H2. The zero-order valence-corrected chi connectivity index (χ0v) is 12.8. The first-order valence-electron chi connectivity index (χ1n) is 6.36. The maximum Gasteiger partial charge on any atom is 0.0939 e. The number of halogens is 1. The van der Waals surface area contributed by atoms with Crippen LogP contribution in [0.3, 0.4) is 0 Å². The SMILES string of the molecule is BrC(CCc1nc2ccccc2s1)c1ccccc1. The zero-order chi connectivity index (χ0) is 13.1. The molecule has 1 nitrogen and oxygen atoms in total. The van der Waals surface area contributed by atoms with Crippen LogP contribution in [0.2, 0.25) is 0 Å². The molecule has 19 heavy (non-hydrogen) atoms. The summed E-state index contributed by atoms with van der Waals surface area (Å²) in [5.74, 6) is 0. The molecule has 0 aliphatic carbocycles. The number of benzene rings is 2. The van der Waals surface area contributed by atoms with Gasteiger partial charge in [-0.1, -0.05) is 58.4 Å². The third-order valence-electron chi connectivity index (χ3n) is 3.11. The van der Waals surface area contributed by atoms with Crippen molar-refractivity contribution in [3.05, 3.63) is 65.2 Å². The molecule has 0 saturated carbocycles. The Bertz CT molecular complexity index is 630. The van der Waals surface area contributed by atoms with Crippen molar-refractivity contribution in [2.75, 3.05) is 0 Å². The van der Waals surface area contributed by atoms with Crippen molar-refractivity contribution in [3.8, 4) is 0 Å². The lowest BCUT2D eigenvalue weighted by Crippen LogP contribution is -1.92. The molecular weight excluding hydrogens is 318 g/mol. The molecule has 0 aliphatic heterocycles. The summed E-state index contributed by atoms with van der Waals surface area (Å²) in [6, 6.07) is 18.9. The minimum Gasteiger partial charge on any atom is -0.241 e. The van der Waals surface area contributed by atoms with Gasteiger partial charge in [-0.2, -0.15) is 0 Å². The van der Waals surface area contributed by atoms with Gasteiger partial charge < -0.3 is 0 Å². The minimum atomic E-state index is 0.403. The molecule has 0 spiro atoms. The normalized spacial score (nSPS) is 12.7. The number of nitrogens with zero attached hydrogens (tertiary/aromatic N) is 1. The second kappa shape index (κ2) is 5.85. The van der Waals surface area contributed by atoms with E-state index in [2.05, 4.69) is 69.4 Å². The van der Waals surface area contributed by atoms with Crippen LogP contribution in [0.15, 0.2) is 54.6 Å². The van der Waals surface area contributed by atoms with E-state index in [0.717, 1.165) is 18.4 Å². The lowest BCUT2D eigenvalue weighted by molar-refractivity contribution is 0.809. The molecule has 0 fully saturated rings. The maximum absolute atomic E-state index is 4.68. The van der Waals surface area contributed by atoms with Gasteiger partial charge in [-0.3, -0.25) is 0 Å². The van der Waals surface area contributed by atoms with E-state index in [1.807, 2.05) is 6.07 Å². The molecule has 96 valence electrons. The lowest BCUT2D eigenvalue weighted by atomic mass is 10.1. The Balaban J connectivity index is 1.69. The topological polar surface area (TPSA) is 12.9 Å². The molecular formula is C16H14BrNS. The van der Waals surface area contributed by atoms with E-state index in [1.54, 1.807) is 11.3 Å². The number of aryl methyl sites for hydroxylation is 1. The van der Waals surface area contributed by atoms with Crippen molar-refractivity contribution in [2.24, 2.45) is 0 Å². The molecule has 1 unspecified atom stereocenters. The predicted molar refractivity (Wildman–Crippen MR) is 86.1 cm³/mol. The van der Waals surface area contributed by atoms with E-state index in [1.165, 1.54) is 15.3 Å². The largest absolute Gasteiger partial charge is 0.241 e. The molecule has 0 saturated heterocycles. The molecule has 1 atom stereocenters. The molecule has 0 amide bonds. The van der Waals surface area contributed by atoms with Gasteiger partial charge in [0.05, 0.1) is 15.2 Å². The van der Waals surface area contributed by atoms with E-state index >= 15 is 0 Å². The molecule has 0 bridgehead atoms. The lowest BCUT2D eigenvalue weighted by Gasteiger charge is -2.08. The monoisotopic (exact) mass is 331 g/mol. The number of hydrogen-bond acceptors (Lipinski definition) is 2. The second-order valence-corrected chi connectivity index (χ2v) is 6.71. The minimum absolute atomic E-state index is 0.403. The van der Waals surface area contributed by atoms with Crippen molar-refractivity contribution in [3.63, 3.8) is 0 Å². The van der Waals surface area contributed by atoms with E-state index in [4.69, 9.17) is 0 Å². The average molecular weight is 332 g/mol. The van der Waals surface area contributed by atoms with Crippen LogP contribution in [0.4, 0.5) is 0 Å². The van der Waals surface area contributed by atoms with Gasteiger partial charge >= 0.3 is 0 Å². The highest BCUT2D eigenvalue weighted by atomic mass is 79.9. The van der Waals surface area contributed by atoms with Crippen LogP contribution in [-0.4, -0.2) is 4.98 Å². The molecule has 3 heteroatoms. The van der Waals surface area contributed by atoms with Crippen LogP contribution in [0, 0.1) is 0 Å². The van der Waals surface area contributed by atoms with E-state index in [0.29, 0.717) is 4.83 Å². The van der Waals surface area contributed by atoms with Crippen LogP contribution < -0.4 is 0 Å². The summed E-state index contributed by atoms with van der Waals surface area (Å²) in [6.07, 6.45) is 2.09. The Kier molecular flexibility index (Phi) is 3.95. The Morgan fingerprint density at radius 3 is 2.53 bits per heavy atom. The third-order valence-corrected chi connectivity index (χ3v) is 5.19. The van der Waals surface area contributed by atoms with Crippen LogP contribution in [0.5, 0.6) is 0 Å². The van der Waals surface area contributed by atoms with Gasteiger partial charge in [-0.25, -0.2) is 4.98 Å². The molecule has 3 aromatic rings. The fourth-order valence-corrected chi connectivity index (χ4v) is 3.62.